The van der Waals surface area contributed by atoms with Crippen molar-refractivity contribution in [2.45, 2.75) is 13.8 Å². The highest BCUT2D eigenvalue weighted by Crippen LogP contribution is 2.29. The summed E-state index contributed by atoms with van der Waals surface area (Å²) < 4.78 is 9.78. The maximum atomic E-state index is 12.1. The molecular formula is C32H30N6O12. The fourth-order valence-electron chi connectivity index (χ4n) is 3.96. The molecular weight excluding hydrogens is 660 g/mol. The molecule has 0 heterocycles. The van der Waals surface area contributed by atoms with Crippen molar-refractivity contribution in [1.29, 1.82) is 0 Å². The molecule has 0 aliphatic heterocycles. The van der Waals surface area contributed by atoms with Crippen molar-refractivity contribution >= 4 is 58.1 Å². The molecule has 6 N–H and O–H groups in total. The van der Waals surface area contributed by atoms with Gasteiger partial charge in [-0.25, -0.2) is 19.2 Å². The normalized spacial score (nSPS) is 9.96. The van der Waals surface area contributed by atoms with Gasteiger partial charge in [0.2, 0.25) is 0 Å². The fourth-order valence-corrected chi connectivity index (χ4v) is 3.96. The molecule has 0 radical (unpaired) electrons. The number of rotatable bonds is 10. The average molecular weight is 691 g/mol. The van der Waals surface area contributed by atoms with Gasteiger partial charge in [0.05, 0.1) is 63.4 Å². The Morgan fingerprint density at radius 2 is 1.12 bits per heavy atom. The zero-order valence-corrected chi connectivity index (χ0v) is 26.4. The third kappa shape index (κ3) is 10.7. The number of amides is 4. The van der Waals surface area contributed by atoms with Crippen molar-refractivity contribution in [3.63, 3.8) is 0 Å². The molecule has 4 aromatic carbocycles. The first-order chi connectivity index (χ1) is 23.8. The van der Waals surface area contributed by atoms with Crippen LogP contribution in [0.15, 0.2) is 84.9 Å². The zero-order chi connectivity index (χ0) is 36.8. The standard InChI is InChI=1S/2C16H15N3O6/c1-2-25-15(21)10-4-3-5-11(8-10)17-16(22)18-13-7-6-12(19(23)24)9-14(13)20;1-2-25-15(21)11-5-3-4-6-12(11)17-16(22)18-13-8-7-10(19(23)24)9-14(13)20/h2*3-9,20H,2H2,1H3,(H2,17,18,22). The largest absolute Gasteiger partial charge is 0.506 e. The Labute approximate surface area is 282 Å². The fraction of sp³-hybridized carbons (Fsp3) is 0.125. The van der Waals surface area contributed by atoms with Gasteiger partial charge in [0.15, 0.2) is 0 Å². The van der Waals surface area contributed by atoms with Crippen molar-refractivity contribution in [2.75, 3.05) is 34.5 Å². The third-order valence-electron chi connectivity index (χ3n) is 6.18. The number of urea groups is 2. The first-order valence-electron chi connectivity index (χ1n) is 14.5. The van der Waals surface area contributed by atoms with Gasteiger partial charge >= 0.3 is 24.0 Å². The van der Waals surface area contributed by atoms with E-state index in [1.165, 1.54) is 30.3 Å². The first kappa shape index (κ1) is 37.2. The molecule has 0 unspecified atom stereocenters. The molecule has 50 heavy (non-hydrogen) atoms. The number of hydrogen-bond donors (Lipinski definition) is 6. The van der Waals surface area contributed by atoms with Gasteiger partial charge < -0.3 is 41.0 Å². The van der Waals surface area contributed by atoms with Gasteiger partial charge in [-0.3, -0.25) is 20.2 Å². The Balaban J connectivity index is 0.000000270. The summed E-state index contributed by atoms with van der Waals surface area (Å²) in [5, 5.41) is 50.4. The summed E-state index contributed by atoms with van der Waals surface area (Å²) in [6, 6.07) is 17.5. The van der Waals surface area contributed by atoms with Gasteiger partial charge in [0.1, 0.15) is 11.5 Å². The zero-order valence-electron chi connectivity index (χ0n) is 26.4. The maximum Gasteiger partial charge on any atom is 0.340 e. The summed E-state index contributed by atoms with van der Waals surface area (Å²) in [7, 11) is 0. The number of esters is 2. The third-order valence-corrected chi connectivity index (χ3v) is 6.18. The van der Waals surface area contributed by atoms with Crippen molar-refractivity contribution in [2.24, 2.45) is 0 Å². The molecule has 18 heteroatoms. The van der Waals surface area contributed by atoms with Crippen LogP contribution < -0.4 is 21.3 Å². The lowest BCUT2D eigenvalue weighted by atomic mass is 10.2. The lowest BCUT2D eigenvalue weighted by molar-refractivity contribution is -0.385. The summed E-state index contributed by atoms with van der Waals surface area (Å²) in [5.74, 6) is -2.00. The van der Waals surface area contributed by atoms with Crippen molar-refractivity contribution < 1.29 is 48.7 Å². The maximum absolute atomic E-state index is 12.1. The van der Waals surface area contributed by atoms with Crippen LogP contribution in [-0.2, 0) is 9.47 Å². The van der Waals surface area contributed by atoms with E-state index in [4.69, 9.17) is 9.47 Å². The molecule has 4 aromatic rings. The smallest absolute Gasteiger partial charge is 0.340 e. The summed E-state index contributed by atoms with van der Waals surface area (Å²) in [6.07, 6.45) is 0. The van der Waals surface area contributed by atoms with Crippen LogP contribution in [0.5, 0.6) is 11.5 Å². The van der Waals surface area contributed by atoms with Gasteiger partial charge in [0, 0.05) is 17.8 Å². The van der Waals surface area contributed by atoms with Gasteiger partial charge in [-0.1, -0.05) is 18.2 Å². The minimum Gasteiger partial charge on any atom is -0.506 e. The number of nitrogens with one attached hydrogen (secondary N) is 4. The van der Waals surface area contributed by atoms with Crippen LogP contribution in [-0.4, -0.2) is 57.3 Å². The van der Waals surface area contributed by atoms with Crippen LogP contribution in [0, 0.1) is 20.2 Å². The molecule has 4 rings (SSSR count). The van der Waals surface area contributed by atoms with Crippen LogP contribution in [0.4, 0.5) is 43.7 Å². The van der Waals surface area contributed by atoms with Gasteiger partial charge in [-0.15, -0.1) is 0 Å². The molecule has 0 fully saturated rings. The predicted molar refractivity (Wildman–Crippen MR) is 180 cm³/mol. The number of carbonyl (C=O) groups excluding carboxylic acids is 4. The molecule has 0 atom stereocenters. The van der Waals surface area contributed by atoms with Gasteiger partial charge in [-0.2, -0.15) is 0 Å². The number of nitro benzene ring substituents is 2. The number of aromatic hydroxyl groups is 2. The number of nitrogens with zero attached hydrogens (tertiary/aromatic N) is 2. The molecule has 0 aliphatic rings. The second kappa shape index (κ2) is 17.6. The van der Waals surface area contributed by atoms with E-state index in [-0.39, 0.29) is 52.8 Å². The quantitative estimate of drug-likeness (QED) is 0.0467. The topological polar surface area (TPSA) is 262 Å². The number of carbonyl (C=O) groups is 4. The van der Waals surface area contributed by atoms with E-state index in [0.29, 0.717) is 5.69 Å². The van der Waals surface area contributed by atoms with Crippen LogP contribution in [0.1, 0.15) is 34.6 Å². The van der Waals surface area contributed by atoms with E-state index in [1.54, 1.807) is 44.2 Å². The van der Waals surface area contributed by atoms with Crippen LogP contribution in [0.25, 0.3) is 0 Å². The Kier molecular flexibility index (Phi) is 13.1. The van der Waals surface area contributed by atoms with E-state index < -0.39 is 45.3 Å². The summed E-state index contributed by atoms with van der Waals surface area (Å²) >= 11 is 0. The summed E-state index contributed by atoms with van der Waals surface area (Å²) in [5.41, 5.74) is 0.387. The monoisotopic (exact) mass is 690 g/mol. The number of para-hydroxylation sites is 1. The number of anilines is 4. The molecule has 0 spiro atoms. The average Bonchev–Trinajstić information content (AvgIpc) is 3.07. The Morgan fingerprint density at radius 3 is 1.64 bits per heavy atom. The molecule has 18 nitrogen and oxygen atoms in total. The lowest BCUT2D eigenvalue weighted by Crippen LogP contribution is -2.21. The highest BCUT2D eigenvalue weighted by atomic mass is 16.6. The molecule has 0 aromatic heterocycles. The van der Waals surface area contributed by atoms with E-state index in [2.05, 4.69) is 21.3 Å². The highest BCUT2D eigenvalue weighted by Gasteiger charge is 2.17. The van der Waals surface area contributed by atoms with E-state index in [1.807, 2.05) is 0 Å². The first-order valence-corrected chi connectivity index (χ1v) is 14.5. The highest BCUT2D eigenvalue weighted by molar-refractivity contribution is 6.05. The van der Waals surface area contributed by atoms with Crippen LogP contribution >= 0.6 is 0 Å². The van der Waals surface area contributed by atoms with Gasteiger partial charge in [0.25, 0.3) is 11.4 Å². The van der Waals surface area contributed by atoms with E-state index >= 15 is 0 Å². The summed E-state index contributed by atoms with van der Waals surface area (Å²) in [6.45, 7) is 3.77. The summed E-state index contributed by atoms with van der Waals surface area (Å²) in [4.78, 5) is 67.5. The predicted octanol–water partition coefficient (Wildman–Crippen LogP) is 6.24. The van der Waals surface area contributed by atoms with Crippen molar-refractivity contribution in [3.05, 3.63) is 116 Å². The lowest BCUT2D eigenvalue weighted by Gasteiger charge is -2.12. The molecule has 4 amide bonds. The van der Waals surface area contributed by atoms with Crippen LogP contribution in [0.2, 0.25) is 0 Å². The molecule has 0 saturated heterocycles. The molecule has 260 valence electrons. The molecule has 0 bridgehead atoms. The van der Waals surface area contributed by atoms with Crippen LogP contribution in [0.3, 0.4) is 0 Å². The molecule has 0 saturated carbocycles. The number of phenols is 2. The molecule has 0 aliphatic carbocycles. The van der Waals surface area contributed by atoms with Crippen molar-refractivity contribution in [3.8, 4) is 11.5 Å². The SMILES string of the molecule is CCOC(=O)c1cccc(NC(=O)Nc2ccc([N+](=O)[O-])cc2O)c1.CCOC(=O)c1ccccc1NC(=O)Nc1ccc([N+](=O)[O-])cc1O. The van der Waals surface area contributed by atoms with Gasteiger partial charge in [-0.05, 0) is 56.3 Å². The van der Waals surface area contributed by atoms with E-state index in [0.717, 1.165) is 24.3 Å². The Bertz CT molecular complexity index is 1920. The van der Waals surface area contributed by atoms with E-state index in [9.17, 15) is 49.6 Å². The minimum atomic E-state index is -0.735. The number of non-ortho nitro benzene ring substituents is 2. The Morgan fingerprint density at radius 1 is 0.620 bits per heavy atom. The second-order valence-corrected chi connectivity index (χ2v) is 9.64. The number of nitro groups is 2. The number of benzene rings is 4. The Hall–Kier alpha value is -7.24. The second-order valence-electron chi connectivity index (χ2n) is 9.64. The number of phenolic OH excluding ortho intramolecular Hbond substituents is 2. The number of ether oxygens (including phenoxy) is 2. The van der Waals surface area contributed by atoms with Crippen molar-refractivity contribution in [1.82, 2.24) is 0 Å². The minimum absolute atomic E-state index is 0.00430. The number of hydrogen-bond acceptors (Lipinski definition) is 12.